The number of urea groups is 1. The summed E-state index contributed by atoms with van der Waals surface area (Å²) in [5, 5.41) is 14.6. The van der Waals surface area contributed by atoms with E-state index >= 15 is 0 Å². The molecule has 0 rings (SSSR count). The monoisotopic (exact) mass is 173 g/mol. The van der Waals surface area contributed by atoms with Gasteiger partial charge in [-0.3, -0.25) is 0 Å². The van der Waals surface area contributed by atoms with E-state index < -0.39 is 0 Å². The summed E-state index contributed by atoms with van der Waals surface area (Å²) >= 11 is 0. The highest BCUT2D eigenvalue weighted by atomic mass is 16.3. The zero-order valence-corrected chi connectivity index (χ0v) is 7.42. The minimum absolute atomic E-state index is 0.0797. The van der Waals surface area contributed by atoms with Crippen molar-refractivity contribution in [2.45, 2.75) is 20.3 Å². The number of hydrazone groups is 1. The van der Waals surface area contributed by atoms with Crippen molar-refractivity contribution in [3.63, 3.8) is 0 Å². The second kappa shape index (κ2) is 6.60. The molecule has 2 amide bonds. The average Bonchev–Trinajstić information content (AvgIpc) is 2.01. The van der Waals surface area contributed by atoms with E-state index in [1.807, 2.05) is 0 Å². The molecular weight excluding hydrogens is 158 g/mol. The van der Waals surface area contributed by atoms with E-state index in [4.69, 9.17) is 5.11 Å². The Morgan fingerprint density at radius 3 is 2.67 bits per heavy atom. The van der Waals surface area contributed by atoms with Gasteiger partial charge in [0.2, 0.25) is 0 Å². The molecule has 0 aromatic heterocycles. The van der Waals surface area contributed by atoms with Crippen LogP contribution < -0.4 is 10.7 Å². The van der Waals surface area contributed by atoms with Crippen molar-refractivity contribution in [3.8, 4) is 0 Å². The van der Waals surface area contributed by atoms with Gasteiger partial charge in [-0.05, 0) is 20.3 Å². The summed E-state index contributed by atoms with van der Waals surface area (Å²) in [5.74, 6) is 0. The van der Waals surface area contributed by atoms with Crippen molar-refractivity contribution in [2.75, 3.05) is 13.2 Å². The minimum atomic E-state index is -0.343. The third-order valence-electron chi connectivity index (χ3n) is 1.00. The van der Waals surface area contributed by atoms with Gasteiger partial charge < -0.3 is 10.4 Å². The molecule has 5 heteroatoms. The summed E-state index contributed by atoms with van der Waals surface area (Å²) in [5.41, 5.74) is 3.08. The molecule has 0 bridgehead atoms. The Balaban J connectivity index is 3.41. The molecule has 0 saturated carbocycles. The zero-order chi connectivity index (χ0) is 9.40. The third kappa shape index (κ3) is 7.01. The van der Waals surface area contributed by atoms with Crippen molar-refractivity contribution >= 4 is 11.7 Å². The summed E-state index contributed by atoms with van der Waals surface area (Å²) in [4.78, 5) is 10.8. The van der Waals surface area contributed by atoms with Crippen molar-refractivity contribution < 1.29 is 9.90 Å². The summed E-state index contributed by atoms with van der Waals surface area (Å²) < 4.78 is 0. The molecule has 0 aliphatic rings. The molecule has 0 aromatic carbocycles. The van der Waals surface area contributed by atoms with Gasteiger partial charge in [0.25, 0.3) is 0 Å². The largest absolute Gasteiger partial charge is 0.396 e. The second-order valence-electron chi connectivity index (χ2n) is 2.50. The predicted octanol–water partition coefficient (Wildman–Crippen LogP) is 0.0638. The van der Waals surface area contributed by atoms with Crippen LogP contribution in [0.2, 0.25) is 0 Å². The van der Waals surface area contributed by atoms with Gasteiger partial charge in [-0.2, -0.15) is 5.10 Å². The summed E-state index contributed by atoms with van der Waals surface area (Å²) in [6, 6.07) is -0.343. The van der Waals surface area contributed by atoms with E-state index in [9.17, 15) is 4.79 Å². The van der Waals surface area contributed by atoms with Gasteiger partial charge >= 0.3 is 6.03 Å². The quantitative estimate of drug-likeness (QED) is 0.319. The molecule has 0 atom stereocenters. The first kappa shape index (κ1) is 10.9. The zero-order valence-electron chi connectivity index (χ0n) is 7.42. The van der Waals surface area contributed by atoms with Crippen LogP contribution in [0.25, 0.3) is 0 Å². The van der Waals surface area contributed by atoms with Crippen molar-refractivity contribution in [3.05, 3.63) is 0 Å². The molecular formula is C7H15N3O2. The number of nitrogens with zero attached hydrogens (tertiary/aromatic N) is 1. The maximum Gasteiger partial charge on any atom is 0.335 e. The molecule has 0 aliphatic heterocycles. The number of rotatable bonds is 4. The molecule has 0 spiro atoms. The van der Waals surface area contributed by atoms with Gasteiger partial charge in [0.15, 0.2) is 0 Å². The molecule has 0 unspecified atom stereocenters. The first-order valence-corrected chi connectivity index (χ1v) is 3.82. The minimum Gasteiger partial charge on any atom is -0.396 e. The van der Waals surface area contributed by atoms with Crippen molar-refractivity contribution in [1.82, 2.24) is 10.7 Å². The Bertz CT molecular complexity index is 164. The Labute approximate surface area is 71.8 Å². The molecule has 0 radical (unpaired) electrons. The van der Waals surface area contributed by atoms with Crippen molar-refractivity contribution in [2.24, 2.45) is 5.10 Å². The summed E-state index contributed by atoms with van der Waals surface area (Å²) in [6.45, 7) is 4.11. The van der Waals surface area contributed by atoms with E-state index in [-0.39, 0.29) is 12.6 Å². The van der Waals surface area contributed by atoms with E-state index in [1.54, 1.807) is 13.8 Å². The number of nitrogens with one attached hydrogen (secondary N) is 2. The maximum absolute atomic E-state index is 10.8. The number of amides is 2. The average molecular weight is 173 g/mol. The first-order valence-electron chi connectivity index (χ1n) is 3.82. The SMILES string of the molecule is CC(C)=NNC(=O)NCCCO. The van der Waals surface area contributed by atoms with Gasteiger partial charge in [-0.15, -0.1) is 0 Å². The van der Waals surface area contributed by atoms with Crippen LogP contribution in [0.4, 0.5) is 4.79 Å². The topological polar surface area (TPSA) is 73.7 Å². The van der Waals surface area contributed by atoms with Crippen molar-refractivity contribution in [1.29, 1.82) is 0 Å². The van der Waals surface area contributed by atoms with Crippen LogP contribution >= 0.6 is 0 Å². The van der Waals surface area contributed by atoms with Crippen LogP contribution in [0.3, 0.4) is 0 Å². The second-order valence-corrected chi connectivity index (χ2v) is 2.50. The van der Waals surface area contributed by atoms with Crippen LogP contribution in [0, 0.1) is 0 Å². The lowest BCUT2D eigenvalue weighted by Gasteiger charge is -2.02. The highest BCUT2D eigenvalue weighted by Crippen LogP contribution is 1.74. The fraction of sp³-hybridized carbons (Fsp3) is 0.714. The fourth-order valence-electron chi connectivity index (χ4n) is 0.483. The van der Waals surface area contributed by atoms with Gasteiger partial charge in [0, 0.05) is 18.9 Å². The third-order valence-corrected chi connectivity index (χ3v) is 1.00. The smallest absolute Gasteiger partial charge is 0.335 e. The number of hydrogen-bond acceptors (Lipinski definition) is 3. The standard InChI is InChI=1S/C7H15N3O2/c1-6(2)9-10-7(12)8-4-3-5-11/h11H,3-5H2,1-2H3,(H2,8,10,12). The van der Waals surface area contributed by atoms with Gasteiger partial charge in [0.05, 0.1) is 0 Å². The highest BCUT2D eigenvalue weighted by molar-refractivity contribution is 5.81. The van der Waals surface area contributed by atoms with Crippen LogP contribution in [0.15, 0.2) is 5.10 Å². The molecule has 5 nitrogen and oxygen atoms in total. The van der Waals surface area contributed by atoms with Crippen LogP contribution in [0.5, 0.6) is 0 Å². The van der Waals surface area contributed by atoms with E-state index in [1.165, 1.54) is 0 Å². The Morgan fingerprint density at radius 1 is 1.50 bits per heavy atom. The lowest BCUT2D eigenvalue weighted by atomic mass is 10.4. The molecule has 0 fully saturated rings. The van der Waals surface area contributed by atoms with E-state index in [0.717, 1.165) is 5.71 Å². The number of carbonyl (C=O) groups excluding carboxylic acids is 1. The van der Waals surface area contributed by atoms with E-state index in [2.05, 4.69) is 15.8 Å². The van der Waals surface area contributed by atoms with Gasteiger partial charge in [-0.25, -0.2) is 10.2 Å². The first-order chi connectivity index (χ1) is 5.66. The molecule has 0 saturated heterocycles. The summed E-state index contributed by atoms with van der Waals surface area (Å²) in [6.07, 6.45) is 0.558. The molecule has 0 aromatic rings. The Hall–Kier alpha value is -1.10. The van der Waals surface area contributed by atoms with E-state index in [0.29, 0.717) is 13.0 Å². The molecule has 0 aliphatic carbocycles. The Kier molecular flexibility index (Phi) is 6.00. The summed E-state index contributed by atoms with van der Waals surface area (Å²) in [7, 11) is 0. The highest BCUT2D eigenvalue weighted by Gasteiger charge is 1.94. The number of hydrogen-bond donors (Lipinski definition) is 3. The van der Waals surface area contributed by atoms with Gasteiger partial charge in [-0.1, -0.05) is 0 Å². The maximum atomic E-state index is 10.8. The number of carbonyl (C=O) groups is 1. The van der Waals surface area contributed by atoms with Crippen LogP contribution in [0.1, 0.15) is 20.3 Å². The van der Waals surface area contributed by atoms with Crippen LogP contribution in [-0.4, -0.2) is 30.0 Å². The number of aliphatic hydroxyl groups excluding tert-OH is 1. The lowest BCUT2D eigenvalue weighted by Crippen LogP contribution is -2.33. The normalized spacial score (nSPS) is 8.92. The molecule has 70 valence electrons. The van der Waals surface area contributed by atoms with Crippen LogP contribution in [-0.2, 0) is 0 Å². The fourth-order valence-corrected chi connectivity index (χ4v) is 0.483. The Morgan fingerprint density at radius 2 is 2.17 bits per heavy atom. The molecule has 12 heavy (non-hydrogen) atoms. The number of aliphatic hydroxyl groups is 1. The predicted molar refractivity (Wildman–Crippen MR) is 47.0 cm³/mol. The van der Waals surface area contributed by atoms with Gasteiger partial charge in [0.1, 0.15) is 0 Å². The lowest BCUT2D eigenvalue weighted by molar-refractivity contribution is 0.238. The molecule has 0 heterocycles. The molecule has 3 N–H and O–H groups in total.